The lowest BCUT2D eigenvalue weighted by Gasteiger charge is -2.32. The fourth-order valence-electron chi connectivity index (χ4n) is 6.68. The molecule has 2 saturated heterocycles. The monoisotopic (exact) mass is 517 g/mol. The van der Waals surface area contributed by atoms with E-state index in [4.69, 9.17) is 9.47 Å². The van der Waals surface area contributed by atoms with E-state index in [0.717, 1.165) is 18.4 Å². The van der Waals surface area contributed by atoms with Crippen LogP contribution in [0.15, 0.2) is 66.7 Å². The van der Waals surface area contributed by atoms with Crippen molar-refractivity contribution in [1.29, 1.82) is 0 Å². The van der Waals surface area contributed by atoms with E-state index < -0.39 is 17.5 Å². The van der Waals surface area contributed by atoms with E-state index in [1.54, 1.807) is 30.3 Å². The summed E-state index contributed by atoms with van der Waals surface area (Å²) in [5.41, 5.74) is 1.34. The van der Waals surface area contributed by atoms with Crippen molar-refractivity contribution in [3.63, 3.8) is 0 Å². The maximum atomic E-state index is 13.6. The Morgan fingerprint density at radius 2 is 1.95 bits per heavy atom. The SMILES string of the molecule is CCOc1cc([C@H]2[C@H]([N+](=O)[O-])[C@]3(C(=O)Nc4ccccc43)N3CCC[C@@H]23)ccc1OCc1cccc(F)c1. The van der Waals surface area contributed by atoms with Gasteiger partial charge in [-0.15, -0.1) is 0 Å². The zero-order chi connectivity index (χ0) is 26.4. The van der Waals surface area contributed by atoms with Gasteiger partial charge in [0.2, 0.25) is 0 Å². The van der Waals surface area contributed by atoms with Gasteiger partial charge in [-0.1, -0.05) is 36.4 Å². The van der Waals surface area contributed by atoms with Crippen molar-refractivity contribution < 1.29 is 23.6 Å². The summed E-state index contributed by atoms with van der Waals surface area (Å²) < 4.78 is 25.5. The number of para-hydroxylation sites is 1. The number of halogens is 1. The van der Waals surface area contributed by atoms with Crippen LogP contribution in [0.3, 0.4) is 0 Å². The van der Waals surface area contributed by atoms with E-state index in [0.29, 0.717) is 41.5 Å². The predicted octanol–water partition coefficient (Wildman–Crippen LogP) is 4.86. The van der Waals surface area contributed by atoms with Gasteiger partial charge in [0.05, 0.1) is 12.5 Å². The van der Waals surface area contributed by atoms with Crippen LogP contribution in [0.4, 0.5) is 10.1 Å². The van der Waals surface area contributed by atoms with Crippen LogP contribution in [0, 0.1) is 15.9 Å². The quantitative estimate of drug-likeness (QED) is 0.356. The number of carbonyl (C=O) groups excluding carboxylic acids is 1. The molecular weight excluding hydrogens is 489 g/mol. The van der Waals surface area contributed by atoms with Gasteiger partial charge in [-0.25, -0.2) is 4.39 Å². The van der Waals surface area contributed by atoms with E-state index in [1.807, 2.05) is 31.2 Å². The Morgan fingerprint density at radius 1 is 1.11 bits per heavy atom. The Hall–Kier alpha value is -3.98. The summed E-state index contributed by atoms with van der Waals surface area (Å²) in [6.45, 7) is 2.99. The van der Waals surface area contributed by atoms with Gasteiger partial charge < -0.3 is 14.8 Å². The lowest BCUT2D eigenvalue weighted by atomic mass is 9.77. The summed E-state index contributed by atoms with van der Waals surface area (Å²) in [5, 5.41) is 15.7. The van der Waals surface area contributed by atoms with Crippen molar-refractivity contribution in [1.82, 2.24) is 4.90 Å². The van der Waals surface area contributed by atoms with Crippen molar-refractivity contribution in [3.05, 3.63) is 99.4 Å². The highest BCUT2D eigenvalue weighted by Crippen LogP contribution is 2.58. The minimum Gasteiger partial charge on any atom is -0.490 e. The number of amides is 1. The maximum Gasteiger partial charge on any atom is 0.256 e. The highest BCUT2D eigenvalue weighted by atomic mass is 19.1. The first-order valence-corrected chi connectivity index (χ1v) is 12.9. The van der Waals surface area contributed by atoms with Gasteiger partial charge in [-0.2, -0.15) is 0 Å². The summed E-state index contributed by atoms with van der Waals surface area (Å²) in [4.78, 5) is 28.2. The first kappa shape index (κ1) is 24.4. The van der Waals surface area contributed by atoms with Crippen LogP contribution in [0.1, 0.15) is 42.4 Å². The molecule has 1 N–H and O–H groups in total. The molecule has 9 heteroatoms. The Morgan fingerprint density at radius 3 is 2.74 bits per heavy atom. The molecule has 8 nitrogen and oxygen atoms in total. The summed E-state index contributed by atoms with van der Waals surface area (Å²) in [5.74, 6) is -0.274. The van der Waals surface area contributed by atoms with E-state index in [2.05, 4.69) is 10.2 Å². The smallest absolute Gasteiger partial charge is 0.256 e. The third-order valence-electron chi connectivity index (χ3n) is 8.03. The number of benzene rings is 3. The van der Waals surface area contributed by atoms with E-state index in [1.165, 1.54) is 12.1 Å². The molecule has 6 rings (SSSR count). The Labute approximate surface area is 219 Å². The number of anilines is 1. The zero-order valence-electron chi connectivity index (χ0n) is 20.9. The fourth-order valence-corrected chi connectivity index (χ4v) is 6.68. The Kier molecular flexibility index (Phi) is 6.03. The van der Waals surface area contributed by atoms with E-state index in [-0.39, 0.29) is 29.3 Å². The molecule has 3 aromatic carbocycles. The number of nitrogens with zero attached hydrogens (tertiary/aromatic N) is 2. The fraction of sp³-hybridized carbons (Fsp3) is 0.345. The molecule has 3 aliphatic heterocycles. The number of rotatable bonds is 7. The van der Waals surface area contributed by atoms with Crippen LogP contribution in [0.25, 0.3) is 0 Å². The highest BCUT2D eigenvalue weighted by molar-refractivity contribution is 6.07. The van der Waals surface area contributed by atoms with Crippen LogP contribution in [0.5, 0.6) is 11.5 Å². The lowest BCUT2D eigenvalue weighted by molar-refractivity contribution is -0.534. The number of nitro groups is 1. The Bertz CT molecular complexity index is 1410. The van der Waals surface area contributed by atoms with Gasteiger partial charge in [0, 0.05) is 28.8 Å². The average molecular weight is 518 g/mol. The summed E-state index contributed by atoms with van der Waals surface area (Å²) in [6.07, 6.45) is 1.62. The molecule has 3 aliphatic rings. The summed E-state index contributed by atoms with van der Waals surface area (Å²) >= 11 is 0. The van der Waals surface area contributed by atoms with Crippen molar-refractivity contribution >= 4 is 11.6 Å². The van der Waals surface area contributed by atoms with Crippen molar-refractivity contribution in [2.45, 2.75) is 49.9 Å². The molecule has 0 aromatic heterocycles. The van der Waals surface area contributed by atoms with Gasteiger partial charge >= 0.3 is 0 Å². The first-order valence-electron chi connectivity index (χ1n) is 12.9. The van der Waals surface area contributed by atoms with Crippen LogP contribution in [-0.2, 0) is 16.9 Å². The highest BCUT2D eigenvalue weighted by Gasteiger charge is 2.73. The molecule has 0 aliphatic carbocycles. The molecule has 0 bridgehead atoms. The number of nitrogens with one attached hydrogen (secondary N) is 1. The van der Waals surface area contributed by atoms with Crippen molar-refractivity contribution in [2.75, 3.05) is 18.5 Å². The molecule has 2 fully saturated rings. The molecule has 0 radical (unpaired) electrons. The van der Waals surface area contributed by atoms with Crippen LogP contribution < -0.4 is 14.8 Å². The van der Waals surface area contributed by atoms with Crippen molar-refractivity contribution in [2.24, 2.45) is 0 Å². The summed E-state index contributed by atoms with van der Waals surface area (Å²) in [7, 11) is 0. The topological polar surface area (TPSA) is 93.9 Å². The molecule has 38 heavy (non-hydrogen) atoms. The molecule has 0 saturated carbocycles. The number of ether oxygens (including phenoxy) is 2. The number of fused-ring (bicyclic) bond motifs is 4. The first-order chi connectivity index (χ1) is 18.4. The second kappa shape index (κ2) is 9.40. The minimum atomic E-state index is -1.37. The number of carbonyl (C=O) groups is 1. The standard InChI is InChI=1S/C29H28FN3O5/c1-2-37-25-16-19(12-13-24(25)38-17-18-7-5-8-20(30)15-18)26-23-11-6-14-32(23)29(27(26)33(35)36)21-9-3-4-10-22(21)31-28(29)34/h3-5,7-10,12-13,15-16,23,26-27H,2,6,11,14,17H2,1H3,(H,31,34)/t23-,26+,27-,29+/m0/s1. The molecule has 3 aromatic rings. The third-order valence-corrected chi connectivity index (χ3v) is 8.03. The normalized spacial score (nSPS) is 25.7. The molecule has 1 spiro atoms. The second-order valence-electron chi connectivity index (χ2n) is 9.98. The molecule has 4 atom stereocenters. The van der Waals surface area contributed by atoms with Crippen LogP contribution in [-0.4, -0.2) is 41.0 Å². The third kappa shape index (κ3) is 3.64. The number of hydrogen-bond acceptors (Lipinski definition) is 6. The largest absolute Gasteiger partial charge is 0.490 e. The van der Waals surface area contributed by atoms with Crippen LogP contribution in [0.2, 0.25) is 0 Å². The second-order valence-corrected chi connectivity index (χ2v) is 9.98. The van der Waals surface area contributed by atoms with E-state index in [9.17, 15) is 19.3 Å². The van der Waals surface area contributed by atoms with Gasteiger partial charge in [0.1, 0.15) is 12.4 Å². The molecule has 0 unspecified atom stereocenters. The van der Waals surface area contributed by atoms with Gasteiger partial charge in [0.25, 0.3) is 11.9 Å². The Balaban J connectivity index is 1.41. The molecule has 1 amide bonds. The van der Waals surface area contributed by atoms with Gasteiger partial charge in [-0.3, -0.25) is 19.8 Å². The number of hydrogen-bond donors (Lipinski definition) is 1. The molecular formula is C29H28FN3O5. The zero-order valence-corrected chi connectivity index (χ0v) is 20.9. The average Bonchev–Trinajstić information content (AvgIpc) is 3.56. The van der Waals surface area contributed by atoms with Crippen LogP contribution >= 0.6 is 0 Å². The molecule has 196 valence electrons. The van der Waals surface area contributed by atoms with Gasteiger partial charge in [-0.05, 0) is 61.2 Å². The lowest BCUT2D eigenvalue weighted by Crippen LogP contribution is -2.55. The van der Waals surface area contributed by atoms with Gasteiger partial charge in [0.15, 0.2) is 17.0 Å². The maximum absolute atomic E-state index is 13.6. The van der Waals surface area contributed by atoms with E-state index >= 15 is 0 Å². The summed E-state index contributed by atoms with van der Waals surface area (Å²) in [6, 6.07) is 17.5. The minimum absolute atomic E-state index is 0.147. The van der Waals surface area contributed by atoms with Crippen molar-refractivity contribution in [3.8, 4) is 11.5 Å². The predicted molar refractivity (Wildman–Crippen MR) is 138 cm³/mol. The molecule has 3 heterocycles.